The van der Waals surface area contributed by atoms with Gasteiger partial charge >= 0.3 is 0 Å². The molecule has 0 fully saturated rings. The van der Waals surface area contributed by atoms with Gasteiger partial charge in [-0.05, 0) is 29.7 Å². The molecule has 1 aliphatic rings. The van der Waals surface area contributed by atoms with E-state index in [0.717, 1.165) is 13.0 Å². The highest BCUT2D eigenvalue weighted by Gasteiger charge is 2.21. The van der Waals surface area contributed by atoms with Crippen molar-refractivity contribution in [2.24, 2.45) is 7.05 Å². The van der Waals surface area contributed by atoms with E-state index in [-0.39, 0.29) is 24.1 Å². The second-order valence-corrected chi connectivity index (χ2v) is 7.68. The monoisotopic (exact) mass is 411 g/mol. The Balaban J connectivity index is 1.30. The lowest BCUT2D eigenvalue weighted by Crippen LogP contribution is -2.37. The Kier molecular flexibility index (Phi) is 5.66. The molecule has 1 aliphatic heterocycles. The molecular formula is C20H21N5O3S. The lowest BCUT2D eigenvalue weighted by atomic mass is 10.00. The van der Waals surface area contributed by atoms with E-state index < -0.39 is 0 Å². The minimum atomic E-state index is -0.312. The van der Waals surface area contributed by atoms with Crippen LogP contribution in [0, 0.1) is 0 Å². The van der Waals surface area contributed by atoms with Crippen molar-refractivity contribution in [1.82, 2.24) is 25.0 Å². The van der Waals surface area contributed by atoms with Gasteiger partial charge in [-0.2, -0.15) is 0 Å². The van der Waals surface area contributed by atoms with Gasteiger partial charge in [-0.1, -0.05) is 36.0 Å². The van der Waals surface area contributed by atoms with Crippen LogP contribution in [0.5, 0.6) is 0 Å². The predicted octanol–water partition coefficient (Wildman–Crippen LogP) is 2.02. The van der Waals surface area contributed by atoms with Crippen LogP contribution in [0.25, 0.3) is 0 Å². The van der Waals surface area contributed by atoms with Crippen molar-refractivity contribution in [2.75, 3.05) is 12.3 Å². The molecule has 9 heteroatoms. The minimum absolute atomic E-state index is 0.0835. The summed E-state index contributed by atoms with van der Waals surface area (Å²) in [4.78, 5) is 26.5. The van der Waals surface area contributed by atoms with Crippen LogP contribution in [-0.4, -0.2) is 43.8 Å². The third-order valence-corrected chi connectivity index (χ3v) is 5.89. The van der Waals surface area contributed by atoms with Gasteiger partial charge in [0.1, 0.15) is 0 Å². The highest BCUT2D eigenvalue weighted by atomic mass is 32.2. The number of hydrogen-bond acceptors (Lipinski definition) is 6. The topological polar surface area (TPSA) is 93.3 Å². The number of carbonyl (C=O) groups is 2. The average Bonchev–Trinajstić information content (AvgIpc) is 3.40. The standard InChI is InChI=1S/C20H21N5O3S/c1-24-17(11-21-19(27)16-7-4-10-28-16)22-23-20(24)29-13-18(26)25-9-8-14-5-2-3-6-15(14)12-25/h2-7,10H,8-9,11-13H2,1H3,(H,21,27). The Hall–Kier alpha value is -3.07. The first-order valence-electron chi connectivity index (χ1n) is 9.29. The van der Waals surface area contributed by atoms with E-state index in [9.17, 15) is 9.59 Å². The van der Waals surface area contributed by atoms with E-state index in [1.165, 1.54) is 29.2 Å². The molecule has 4 rings (SSSR count). The van der Waals surface area contributed by atoms with E-state index in [1.54, 1.807) is 16.7 Å². The molecule has 0 radical (unpaired) electrons. The van der Waals surface area contributed by atoms with Crippen molar-refractivity contribution < 1.29 is 14.0 Å². The maximum Gasteiger partial charge on any atom is 0.287 e. The van der Waals surface area contributed by atoms with Crippen LogP contribution < -0.4 is 5.32 Å². The number of thioether (sulfide) groups is 1. The molecule has 0 aliphatic carbocycles. The first kappa shape index (κ1) is 19.3. The molecule has 150 valence electrons. The molecule has 0 spiro atoms. The maximum atomic E-state index is 12.6. The molecule has 3 aromatic rings. The Morgan fingerprint density at radius 3 is 2.79 bits per heavy atom. The van der Waals surface area contributed by atoms with E-state index >= 15 is 0 Å². The number of carbonyl (C=O) groups excluding carboxylic acids is 2. The van der Waals surface area contributed by atoms with Crippen molar-refractivity contribution in [1.29, 1.82) is 0 Å². The number of amides is 2. The van der Waals surface area contributed by atoms with E-state index in [4.69, 9.17) is 4.42 Å². The van der Waals surface area contributed by atoms with Crippen molar-refractivity contribution in [3.63, 3.8) is 0 Å². The Bertz CT molecular complexity index is 1020. The van der Waals surface area contributed by atoms with Crippen LogP contribution in [0.4, 0.5) is 0 Å². The zero-order valence-corrected chi connectivity index (χ0v) is 16.8. The normalized spacial score (nSPS) is 13.2. The molecule has 2 amide bonds. The quantitative estimate of drug-likeness (QED) is 0.624. The number of hydrogen-bond donors (Lipinski definition) is 1. The highest BCUT2D eigenvalue weighted by Crippen LogP contribution is 2.21. The predicted molar refractivity (Wildman–Crippen MR) is 107 cm³/mol. The molecule has 0 saturated carbocycles. The molecule has 3 heterocycles. The zero-order chi connectivity index (χ0) is 20.2. The third kappa shape index (κ3) is 4.34. The molecular weight excluding hydrogens is 390 g/mol. The fraction of sp³-hybridized carbons (Fsp3) is 0.300. The number of nitrogens with zero attached hydrogens (tertiary/aromatic N) is 4. The summed E-state index contributed by atoms with van der Waals surface area (Å²) in [6, 6.07) is 11.5. The molecule has 0 bridgehead atoms. The molecule has 0 saturated heterocycles. The van der Waals surface area contributed by atoms with Crippen molar-refractivity contribution in [3.05, 3.63) is 65.4 Å². The first-order chi connectivity index (χ1) is 14.1. The fourth-order valence-corrected chi connectivity index (χ4v) is 4.04. The largest absolute Gasteiger partial charge is 0.459 e. The fourth-order valence-electron chi connectivity index (χ4n) is 3.21. The lowest BCUT2D eigenvalue weighted by molar-refractivity contribution is -0.129. The van der Waals surface area contributed by atoms with Gasteiger partial charge in [0.05, 0.1) is 18.6 Å². The second kappa shape index (κ2) is 8.52. The summed E-state index contributed by atoms with van der Waals surface area (Å²) in [5.74, 6) is 0.919. The van der Waals surface area contributed by atoms with Gasteiger partial charge in [0.25, 0.3) is 5.91 Å². The summed E-state index contributed by atoms with van der Waals surface area (Å²) < 4.78 is 6.85. The Morgan fingerprint density at radius 2 is 2.00 bits per heavy atom. The first-order valence-corrected chi connectivity index (χ1v) is 10.3. The smallest absolute Gasteiger partial charge is 0.287 e. The van der Waals surface area contributed by atoms with Crippen LogP contribution in [0.15, 0.2) is 52.2 Å². The van der Waals surface area contributed by atoms with Crippen LogP contribution in [0.2, 0.25) is 0 Å². The molecule has 0 atom stereocenters. The molecule has 1 N–H and O–H groups in total. The number of furan rings is 1. The zero-order valence-electron chi connectivity index (χ0n) is 16.0. The summed E-state index contributed by atoms with van der Waals surface area (Å²) in [5.41, 5.74) is 2.53. The van der Waals surface area contributed by atoms with Gasteiger partial charge in [-0.25, -0.2) is 0 Å². The molecule has 0 unspecified atom stereocenters. The summed E-state index contributed by atoms with van der Waals surface area (Å²) in [6.45, 7) is 1.61. The molecule has 2 aromatic heterocycles. The van der Waals surface area contributed by atoms with Crippen LogP contribution in [0.1, 0.15) is 27.5 Å². The van der Waals surface area contributed by atoms with E-state index in [2.05, 4.69) is 27.6 Å². The van der Waals surface area contributed by atoms with Gasteiger partial charge in [0, 0.05) is 20.1 Å². The van der Waals surface area contributed by atoms with Crippen LogP contribution in [-0.2, 0) is 31.4 Å². The minimum Gasteiger partial charge on any atom is -0.459 e. The second-order valence-electron chi connectivity index (χ2n) is 6.74. The van der Waals surface area contributed by atoms with E-state index in [0.29, 0.717) is 23.3 Å². The van der Waals surface area contributed by atoms with Gasteiger partial charge in [-0.3, -0.25) is 9.59 Å². The summed E-state index contributed by atoms with van der Waals surface area (Å²) >= 11 is 1.35. The third-order valence-electron chi connectivity index (χ3n) is 4.89. The SMILES string of the molecule is Cn1c(CNC(=O)c2ccco2)nnc1SCC(=O)N1CCc2ccccc2C1. The van der Waals surface area contributed by atoms with Crippen molar-refractivity contribution in [3.8, 4) is 0 Å². The highest BCUT2D eigenvalue weighted by molar-refractivity contribution is 7.99. The molecule has 29 heavy (non-hydrogen) atoms. The van der Waals surface area contributed by atoms with Crippen molar-refractivity contribution >= 4 is 23.6 Å². The van der Waals surface area contributed by atoms with E-state index in [1.807, 2.05) is 24.1 Å². The number of aromatic nitrogens is 3. The number of nitrogens with one attached hydrogen (secondary N) is 1. The summed E-state index contributed by atoms with van der Waals surface area (Å²) in [7, 11) is 1.82. The Labute approximate surface area is 172 Å². The average molecular weight is 411 g/mol. The van der Waals surface area contributed by atoms with Gasteiger partial charge < -0.3 is 19.2 Å². The van der Waals surface area contributed by atoms with Crippen LogP contribution in [0.3, 0.4) is 0 Å². The summed E-state index contributed by atoms with van der Waals surface area (Å²) in [6.07, 6.45) is 2.33. The molecule has 1 aromatic carbocycles. The van der Waals surface area contributed by atoms with Gasteiger partial charge in [-0.15, -0.1) is 10.2 Å². The Morgan fingerprint density at radius 1 is 1.17 bits per heavy atom. The number of benzene rings is 1. The number of rotatable bonds is 6. The summed E-state index contributed by atoms with van der Waals surface area (Å²) in [5, 5.41) is 11.6. The van der Waals surface area contributed by atoms with Gasteiger partial charge in [0.15, 0.2) is 16.7 Å². The van der Waals surface area contributed by atoms with Crippen molar-refractivity contribution in [2.45, 2.75) is 24.7 Å². The maximum absolute atomic E-state index is 12.6. The van der Waals surface area contributed by atoms with Crippen LogP contribution >= 0.6 is 11.8 Å². The number of fused-ring (bicyclic) bond motifs is 1. The lowest BCUT2D eigenvalue weighted by Gasteiger charge is -2.28. The van der Waals surface area contributed by atoms with Gasteiger partial charge in [0.2, 0.25) is 5.91 Å². The molecule has 8 nitrogen and oxygen atoms in total.